The van der Waals surface area contributed by atoms with E-state index in [1.165, 1.54) is 48.5 Å². The minimum atomic E-state index is -0.732. The maximum absolute atomic E-state index is 12.9. The number of nitrogens with one attached hydrogen (secondary N) is 2. The molecule has 1 saturated heterocycles. The van der Waals surface area contributed by atoms with Crippen LogP contribution < -0.4 is 16.4 Å². The van der Waals surface area contributed by atoms with Crippen molar-refractivity contribution in [1.29, 1.82) is 0 Å². The molecule has 1 heterocycles. The highest BCUT2D eigenvalue weighted by Gasteiger charge is 2.32. The summed E-state index contributed by atoms with van der Waals surface area (Å²) < 4.78 is 10.2. The Hall–Kier alpha value is -4.23. The van der Waals surface area contributed by atoms with Crippen LogP contribution in [0.3, 0.4) is 0 Å². The fourth-order valence-corrected chi connectivity index (χ4v) is 4.30. The molecular formula is C24H24N4O8S. The summed E-state index contributed by atoms with van der Waals surface area (Å²) in [5, 5.41) is 15.6. The van der Waals surface area contributed by atoms with Crippen LogP contribution in [-0.2, 0) is 20.9 Å². The third-order valence-corrected chi connectivity index (χ3v) is 6.29. The van der Waals surface area contributed by atoms with Gasteiger partial charge in [0.15, 0.2) is 0 Å². The van der Waals surface area contributed by atoms with E-state index in [4.69, 9.17) is 15.2 Å². The number of ether oxygens (including phenoxy) is 2. The third kappa shape index (κ3) is 7.62. The van der Waals surface area contributed by atoms with Gasteiger partial charge in [-0.15, -0.1) is 0 Å². The lowest BCUT2D eigenvalue weighted by atomic mass is 10.1. The van der Waals surface area contributed by atoms with Gasteiger partial charge in [-0.3, -0.25) is 19.7 Å². The average Bonchev–Trinajstić information content (AvgIpc) is 3.34. The van der Waals surface area contributed by atoms with E-state index in [2.05, 4.69) is 17.2 Å². The van der Waals surface area contributed by atoms with E-state index in [1.807, 2.05) is 0 Å². The van der Waals surface area contributed by atoms with Gasteiger partial charge in [0.1, 0.15) is 13.2 Å². The Morgan fingerprint density at radius 3 is 2.57 bits per heavy atom. The smallest absolute Gasteiger partial charge is 0.367 e. The first-order valence-electron chi connectivity index (χ1n) is 11.0. The van der Waals surface area contributed by atoms with E-state index in [9.17, 15) is 29.3 Å². The summed E-state index contributed by atoms with van der Waals surface area (Å²) in [6.45, 7) is 3.75. The number of carbonyl (C=O) groups excluding carboxylic acids is 4. The third-order valence-electron chi connectivity index (χ3n) is 5.29. The molecule has 2 aromatic carbocycles. The van der Waals surface area contributed by atoms with Crippen LogP contribution in [-0.4, -0.2) is 52.5 Å². The highest BCUT2D eigenvalue weighted by Crippen LogP contribution is 2.26. The molecular weight excluding hydrogens is 504 g/mol. The second-order valence-corrected chi connectivity index (χ2v) is 9.14. The van der Waals surface area contributed by atoms with Crippen molar-refractivity contribution in [3.8, 4) is 0 Å². The molecule has 1 aliphatic heterocycles. The number of thioether (sulfide) groups is 1. The van der Waals surface area contributed by atoms with Crippen molar-refractivity contribution in [3.05, 3.63) is 81.9 Å². The molecule has 0 radical (unpaired) electrons. The minimum absolute atomic E-state index is 0.0346. The molecule has 0 bridgehead atoms. The lowest BCUT2D eigenvalue weighted by Gasteiger charge is -2.15. The molecule has 0 saturated carbocycles. The minimum Gasteiger partial charge on any atom is -0.458 e. The lowest BCUT2D eigenvalue weighted by Crippen LogP contribution is -2.36. The van der Waals surface area contributed by atoms with E-state index in [0.29, 0.717) is 18.5 Å². The van der Waals surface area contributed by atoms with E-state index in [0.717, 1.165) is 11.8 Å². The Morgan fingerprint density at radius 2 is 1.92 bits per heavy atom. The summed E-state index contributed by atoms with van der Waals surface area (Å²) in [7, 11) is 0. The maximum Gasteiger partial charge on any atom is 0.367 e. The predicted octanol–water partition coefficient (Wildman–Crippen LogP) is 2.78. The number of nitrogens with two attached hydrogens (primary N) is 1. The molecule has 2 amide bonds. The number of non-ortho nitro benzene ring substituents is 1. The Balaban J connectivity index is 1.55. The number of hydrogen-bond acceptors (Lipinski definition) is 10. The summed E-state index contributed by atoms with van der Waals surface area (Å²) in [6.07, 6.45) is 1.69. The van der Waals surface area contributed by atoms with Gasteiger partial charge in [0.25, 0.3) is 5.69 Å². The Kier molecular flexibility index (Phi) is 9.35. The topological polar surface area (TPSA) is 180 Å². The number of benzene rings is 2. The normalized spacial score (nSPS) is 16.4. The van der Waals surface area contributed by atoms with Crippen molar-refractivity contribution in [2.24, 2.45) is 5.73 Å². The van der Waals surface area contributed by atoms with Crippen molar-refractivity contribution in [1.82, 2.24) is 5.32 Å². The quantitative estimate of drug-likeness (QED) is 0.180. The fraction of sp³-hybridized carbons (Fsp3) is 0.250. The highest BCUT2D eigenvalue weighted by atomic mass is 32.2. The molecule has 1 fully saturated rings. The van der Waals surface area contributed by atoms with Gasteiger partial charge in [0.05, 0.1) is 22.2 Å². The Bertz CT molecular complexity index is 1220. The maximum atomic E-state index is 12.9. The second kappa shape index (κ2) is 12.6. The standard InChI is InChI=1S/C24H24N4O8S/c1-2-9-35-23(31)18-8-5-15(21(25)29)10-19(18)27-22(30)20-11-17(12-26-20)37-24(32)36-13-14-3-6-16(7-4-14)28(33)34/h2-8,10,17,20,26H,1,9,11-13H2,(H2,25,29)(H,27,30). The van der Waals surface area contributed by atoms with Crippen LogP contribution >= 0.6 is 11.8 Å². The SMILES string of the molecule is C=CCOC(=O)c1ccc(C(N)=O)cc1NC(=O)C1CC(SC(=O)OCc2ccc([N+](=O)[O-])cc2)CN1. The number of carbonyl (C=O) groups is 4. The number of rotatable bonds is 10. The molecule has 0 aliphatic carbocycles. The number of amides is 2. The molecule has 0 aromatic heterocycles. The van der Waals surface area contributed by atoms with Gasteiger partial charge >= 0.3 is 11.3 Å². The molecule has 1 aliphatic rings. The van der Waals surface area contributed by atoms with Gasteiger partial charge in [-0.05, 0) is 54.1 Å². The van der Waals surface area contributed by atoms with Crippen LogP contribution in [0, 0.1) is 10.1 Å². The van der Waals surface area contributed by atoms with Gasteiger partial charge in [0, 0.05) is 29.5 Å². The first-order valence-corrected chi connectivity index (χ1v) is 11.9. The highest BCUT2D eigenvalue weighted by molar-refractivity contribution is 8.13. The van der Waals surface area contributed by atoms with Gasteiger partial charge in [-0.25, -0.2) is 9.59 Å². The van der Waals surface area contributed by atoms with Crippen molar-refractivity contribution in [2.45, 2.75) is 24.3 Å². The van der Waals surface area contributed by atoms with Crippen molar-refractivity contribution in [2.75, 3.05) is 18.5 Å². The molecule has 2 unspecified atom stereocenters. The predicted molar refractivity (Wildman–Crippen MR) is 135 cm³/mol. The number of primary amides is 1. The van der Waals surface area contributed by atoms with E-state index in [-0.39, 0.29) is 41.0 Å². The number of nitro benzene ring substituents is 1. The largest absolute Gasteiger partial charge is 0.458 e. The number of anilines is 1. The first kappa shape index (κ1) is 27.4. The van der Waals surface area contributed by atoms with Gasteiger partial charge in [-0.1, -0.05) is 12.7 Å². The van der Waals surface area contributed by atoms with Crippen LogP contribution in [0.2, 0.25) is 0 Å². The van der Waals surface area contributed by atoms with Gasteiger partial charge < -0.3 is 25.8 Å². The van der Waals surface area contributed by atoms with Crippen LogP contribution in [0.5, 0.6) is 0 Å². The van der Waals surface area contributed by atoms with E-state index >= 15 is 0 Å². The summed E-state index contributed by atoms with van der Waals surface area (Å²) in [5.41, 5.74) is 6.06. The number of nitrogens with zero attached hydrogens (tertiary/aromatic N) is 1. The monoisotopic (exact) mass is 528 g/mol. The first-order chi connectivity index (χ1) is 17.7. The number of nitro groups is 1. The number of hydrogen-bond donors (Lipinski definition) is 3. The van der Waals surface area contributed by atoms with Crippen LogP contribution in [0.25, 0.3) is 0 Å². The molecule has 0 spiro atoms. The second-order valence-electron chi connectivity index (χ2n) is 7.90. The van der Waals surface area contributed by atoms with E-state index in [1.54, 1.807) is 0 Å². The van der Waals surface area contributed by atoms with Gasteiger partial charge in [-0.2, -0.15) is 0 Å². The van der Waals surface area contributed by atoms with Gasteiger partial charge in [0.2, 0.25) is 11.8 Å². The average molecular weight is 529 g/mol. The molecule has 37 heavy (non-hydrogen) atoms. The summed E-state index contributed by atoms with van der Waals surface area (Å²) in [4.78, 5) is 59.2. The molecule has 3 rings (SSSR count). The fourth-order valence-electron chi connectivity index (χ4n) is 3.43. The zero-order valence-corrected chi connectivity index (χ0v) is 20.3. The van der Waals surface area contributed by atoms with Crippen molar-refractivity contribution < 1.29 is 33.6 Å². The van der Waals surface area contributed by atoms with Crippen LogP contribution in [0.1, 0.15) is 32.7 Å². The lowest BCUT2D eigenvalue weighted by molar-refractivity contribution is -0.384. The molecule has 4 N–H and O–H groups in total. The van der Waals surface area contributed by atoms with Crippen molar-refractivity contribution in [3.63, 3.8) is 0 Å². The molecule has 2 atom stereocenters. The summed E-state index contributed by atoms with van der Waals surface area (Å²) >= 11 is 0.929. The van der Waals surface area contributed by atoms with Crippen LogP contribution in [0.4, 0.5) is 16.2 Å². The zero-order valence-electron chi connectivity index (χ0n) is 19.5. The van der Waals surface area contributed by atoms with Crippen molar-refractivity contribution >= 4 is 46.2 Å². The Labute approximate surface area is 215 Å². The molecule has 194 valence electrons. The zero-order chi connectivity index (χ0) is 26.9. The summed E-state index contributed by atoms with van der Waals surface area (Å²) in [6, 6.07) is 8.96. The van der Waals surface area contributed by atoms with Crippen LogP contribution in [0.15, 0.2) is 55.1 Å². The Morgan fingerprint density at radius 1 is 1.19 bits per heavy atom. The molecule has 2 aromatic rings. The number of esters is 1. The van der Waals surface area contributed by atoms with E-state index < -0.39 is 34.1 Å². The molecule has 12 nitrogen and oxygen atoms in total. The summed E-state index contributed by atoms with van der Waals surface area (Å²) in [5.74, 6) is -1.92. The molecule has 13 heteroatoms.